The maximum absolute atomic E-state index is 12.4. The van der Waals surface area contributed by atoms with E-state index in [0.29, 0.717) is 19.4 Å². The molecule has 2 atom stereocenters. The average Bonchev–Trinajstić information content (AvgIpc) is 3.33. The lowest BCUT2D eigenvalue weighted by Gasteiger charge is -2.20. The van der Waals surface area contributed by atoms with Gasteiger partial charge >= 0.3 is 5.97 Å². The van der Waals surface area contributed by atoms with Crippen LogP contribution in [0.1, 0.15) is 316 Å². The molecule has 0 spiro atoms. The Morgan fingerprint density at radius 3 is 1.13 bits per heavy atom. The van der Waals surface area contributed by atoms with E-state index in [1.165, 1.54) is 231 Å². The van der Waals surface area contributed by atoms with Crippen LogP contribution in [-0.4, -0.2) is 47.4 Å². The molecule has 0 aromatic rings. The third kappa shape index (κ3) is 53.3. The van der Waals surface area contributed by atoms with Crippen LogP contribution in [0.5, 0.6) is 0 Å². The van der Waals surface area contributed by atoms with Crippen LogP contribution in [0.4, 0.5) is 0 Å². The lowest BCUT2D eigenvalue weighted by Crippen LogP contribution is -2.45. The number of rotatable bonds is 55. The number of carbonyl (C=O) groups excluding carboxylic acids is 2. The summed E-state index contributed by atoms with van der Waals surface area (Å²) in [6, 6.07) is -0.634. The van der Waals surface area contributed by atoms with E-state index in [9.17, 15) is 19.8 Å². The van der Waals surface area contributed by atoms with Crippen molar-refractivity contribution in [3.8, 4) is 0 Å². The molecule has 394 valence electrons. The third-order valence-corrected chi connectivity index (χ3v) is 13.7. The zero-order chi connectivity index (χ0) is 48.6. The maximum Gasteiger partial charge on any atom is 0.305 e. The van der Waals surface area contributed by atoms with E-state index in [1.54, 1.807) is 6.08 Å². The number of allylic oxidation sites excluding steroid dienone is 5. The van der Waals surface area contributed by atoms with Crippen molar-refractivity contribution in [3.63, 3.8) is 0 Å². The number of unbranched alkanes of at least 4 members (excludes halogenated alkanes) is 40. The lowest BCUT2D eigenvalue weighted by molar-refractivity contribution is -0.143. The number of nitrogens with one attached hydrogen (secondary N) is 1. The normalized spacial score (nSPS) is 12.8. The maximum atomic E-state index is 12.4. The summed E-state index contributed by atoms with van der Waals surface area (Å²) in [4.78, 5) is 24.5. The molecule has 1 amide bonds. The van der Waals surface area contributed by atoms with Gasteiger partial charge in [0.25, 0.3) is 0 Å². The van der Waals surface area contributed by atoms with Crippen LogP contribution in [0.25, 0.3) is 0 Å². The summed E-state index contributed by atoms with van der Waals surface area (Å²) in [5.41, 5.74) is 0. The van der Waals surface area contributed by atoms with E-state index >= 15 is 0 Å². The molecule has 0 heterocycles. The van der Waals surface area contributed by atoms with Crippen molar-refractivity contribution in [2.45, 2.75) is 328 Å². The average molecular weight is 943 g/mol. The Morgan fingerprint density at radius 1 is 0.418 bits per heavy atom. The molecule has 0 radical (unpaired) electrons. The summed E-state index contributed by atoms with van der Waals surface area (Å²) < 4.78 is 5.48. The first-order valence-electron chi connectivity index (χ1n) is 29.8. The van der Waals surface area contributed by atoms with Gasteiger partial charge in [-0.3, -0.25) is 9.59 Å². The number of aliphatic hydroxyl groups excluding tert-OH is 2. The fourth-order valence-corrected chi connectivity index (χ4v) is 9.08. The minimum Gasteiger partial charge on any atom is -0.466 e. The Balaban J connectivity index is 3.45. The van der Waals surface area contributed by atoms with Gasteiger partial charge in [-0.1, -0.05) is 275 Å². The molecule has 2 unspecified atom stereocenters. The Morgan fingerprint density at radius 2 is 0.746 bits per heavy atom. The van der Waals surface area contributed by atoms with Crippen molar-refractivity contribution < 1.29 is 24.5 Å². The van der Waals surface area contributed by atoms with Gasteiger partial charge in [0.15, 0.2) is 0 Å². The molecule has 0 aliphatic rings. The van der Waals surface area contributed by atoms with E-state index < -0.39 is 12.1 Å². The summed E-state index contributed by atoms with van der Waals surface area (Å²) in [6.45, 7) is 4.90. The molecule has 67 heavy (non-hydrogen) atoms. The Bertz CT molecular complexity index is 1090. The molecule has 0 aliphatic heterocycles. The number of hydrogen-bond acceptors (Lipinski definition) is 5. The number of aliphatic hydroxyl groups is 2. The molecule has 0 aromatic heterocycles. The number of esters is 1. The fraction of sp³-hybridized carbons (Fsp3) is 0.869. The predicted molar refractivity (Wildman–Crippen MR) is 292 cm³/mol. The van der Waals surface area contributed by atoms with Crippen molar-refractivity contribution in [3.05, 3.63) is 36.5 Å². The molecule has 3 N–H and O–H groups in total. The van der Waals surface area contributed by atoms with Crippen LogP contribution in [-0.2, 0) is 14.3 Å². The lowest BCUT2D eigenvalue weighted by atomic mass is 10.0. The summed E-state index contributed by atoms with van der Waals surface area (Å²) in [5.74, 6) is -0.0698. The van der Waals surface area contributed by atoms with Gasteiger partial charge in [-0.2, -0.15) is 0 Å². The smallest absolute Gasteiger partial charge is 0.305 e. The summed E-state index contributed by atoms with van der Waals surface area (Å²) in [5, 5.41) is 23.0. The predicted octanol–water partition coefficient (Wildman–Crippen LogP) is 18.4. The van der Waals surface area contributed by atoms with Gasteiger partial charge in [0.1, 0.15) is 0 Å². The second-order valence-electron chi connectivity index (χ2n) is 20.3. The molecule has 0 rings (SSSR count). The quantitative estimate of drug-likeness (QED) is 0.0321. The van der Waals surface area contributed by atoms with E-state index in [-0.39, 0.29) is 18.5 Å². The van der Waals surface area contributed by atoms with Gasteiger partial charge in [-0.15, -0.1) is 0 Å². The van der Waals surface area contributed by atoms with Crippen molar-refractivity contribution in [2.75, 3.05) is 13.2 Å². The highest BCUT2D eigenvalue weighted by atomic mass is 16.5. The molecule has 0 aliphatic carbocycles. The Kier molecular flexibility index (Phi) is 55.0. The summed E-state index contributed by atoms with van der Waals surface area (Å²) in [7, 11) is 0. The van der Waals surface area contributed by atoms with Crippen molar-refractivity contribution >= 4 is 11.9 Å². The summed E-state index contributed by atoms with van der Waals surface area (Å²) in [6.07, 6.45) is 70.3. The zero-order valence-electron chi connectivity index (χ0n) is 44.9. The highest BCUT2D eigenvalue weighted by molar-refractivity contribution is 5.76. The highest BCUT2D eigenvalue weighted by Crippen LogP contribution is 2.16. The largest absolute Gasteiger partial charge is 0.466 e. The second-order valence-corrected chi connectivity index (χ2v) is 20.3. The number of ether oxygens (including phenoxy) is 1. The van der Waals surface area contributed by atoms with Crippen molar-refractivity contribution in [2.24, 2.45) is 0 Å². The van der Waals surface area contributed by atoms with E-state index in [4.69, 9.17) is 4.74 Å². The molecule has 0 bridgehead atoms. The molecule has 6 nitrogen and oxygen atoms in total. The number of carbonyl (C=O) groups is 2. The molecular weight excluding hydrogens is 827 g/mol. The summed E-state index contributed by atoms with van der Waals surface area (Å²) >= 11 is 0. The molecule has 6 heteroatoms. The first kappa shape index (κ1) is 65.1. The van der Waals surface area contributed by atoms with Crippen LogP contribution in [0.2, 0.25) is 0 Å². The molecular formula is C61H115NO5. The van der Waals surface area contributed by atoms with Crippen molar-refractivity contribution in [1.82, 2.24) is 5.32 Å². The second kappa shape index (κ2) is 56.7. The van der Waals surface area contributed by atoms with Crippen LogP contribution in [0, 0.1) is 0 Å². The van der Waals surface area contributed by atoms with E-state index in [2.05, 4.69) is 43.5 Å². The molecule has 0 aromatic carbocycles. The van der Waals surface area contributed by atoms with E-state index in [0.717, 1.165) is 57.8 Å². The monoisotopic (exact) mass is 942 g/mol. The standard InChI is InChI=1S/C61H115NO5/c1-3-5-7-9-11-13-15-17-27-31-35-39-43-47-51-55-61(66)67-56-52-48-44-40-36-32-29-26-24-22-20-18-19-21-23-25-28-30-34-38-42-46-50-54-60(65)62-58(57-63)59(64)53-49-45-41-37-33-16-14-12-10-8-6-4-2/h18,20-21,23,49,53,58-59,63-64H,3-17,19,22,24-48,50-52,54-57H2,1-2H3,(H,62,65)/b20-18-,23-21-,53-49+. The first-order valence-corrected chi connectivity index (χ1v) is 29.8. The van der Waals surface area contributed by atoms with Crippen LogP contribution in [0.3, 0.4) is 0 Å². The molecule has 0 saturated heterocycles. The third-order valence-electron chi connectivity index (χ3n) is 13.7. The van der Waals surface area contributed by atoms with Crippen LogP contribution in [0.15, 0.2) is 36.5 Å². The van der Waals surface area contributed by atoms with Crippen LogP contribution < -0.4 is 5.32 Å². The van der Waals surface area contributed by atoms with E-state index in [1.807, 2.05) is 6.08 Å². The minimum absolute atomic E-state index is 0.00918. The Labute approximate surface area is 417 Å². The van der Waals surface area contributed by atoms with Gasteiger partial charge in [0.05, 0.1) is 25.4 Å². The Hall–Kier alpha value is -1.92. The topological polar surface area (TPSA) is 95.9 Å². The highest BCUT2D eigenvalue weighted by Gasteiger charge is 2.18. The fourth-order valence-electron chi connectivity index (χ4n) is 9.08. The van der Waals surface area contributed by atoms with Gasteiger partial charge < -0.3 is 20.3 Å². The first-order chi connectivity index (χ1) is 33.0. The van der Waals surface area contributed by atoms with Gasteiger partial charge in [0, 0.05) is 12.8 Å². The van der Waals surface area contributed by atoms with Crippen LogP contribution >= 0.6 is 0 Å². The molecule has 0 fully saturated rings. The van der Waals surface area contributed by atoms with Crippen molar-refractivity contribution in [1.29, 1.82) is 0 Å². The number of hydrogen-bond donors (Lipinski definition) is 3. The van der Waals surface area contributed by atoms with Gasteiger partial charge in [-0.25, -0.2) is 0 Å². The minimum atomic E-state index is -0.850. The number of amides is 1. The SMILES string of the molecule is CCCCCCCCCCCC/C=C/C(O)C(CO)NC(=O)CCCCCCCCC/C=C\C/C=C\CCCCCCCCCCCOC(=O)CCCCCCCCCCCCCCCCC. The molecule has 0 saturated carbocycles. The van der Waals surface area contributed by atoms with Gasteiger partial charge in [-0.05, 0) is 64.2 Å². The van der Waals surface area contributed by atoms with Gasteiger partial charge in [0.2, 0.25) is 5.91 Å². The zero-order valence-corrected chi connectivity index (χ0v) is 44.9.